The first kappa shape index (κ1) is 13.3. The third kappa shape index (κ3) is 2.88. The molecule has 2 aromatic carbocycles. The Morgan fingerprint density at radius 1 is 1.05 bits per heavy atom. The number of halogens is 2. The number of hydrogen-bond donors (Lipinski definition) is 1. The molecule has 0 spiro atoms. The van der Waals surface area contributed by atoms with Gasteiger partial charge in [0.25, 0.3) is 0 Å². The molecule has 1 nitrogen and oxygen atoms in total. The SMILES string of the molecule is Cc1cc(F)ccc1-c1cc(CNC2CC2)ccc1F. The molecule has 1 aliphatic carbocycles. The molecule has 104 valence electrons. The molecule has 1 N–H and O–H groups in total. The van der Waals surface area contributed by atoms with E-state index in [0.717, 1.165) is 23.2 Å². The Labute approximate surface area is 117 Å². The molecule has 0 saturated heterocycles. The number of nitrogens with one attached hydrogen (secondary N) is 1. The van der Waals surface area contributed by atoms with Crippen molar-refractivity contribution in [2.24, 2.45) is 0 Å². The van der Waals surface area contributed by atoms with Crippen LogP contribution in [0.5, 0.6) is 0 Å². The minimum absolute atomic E-state index is 0.269. The lowest BCUT2D eigenvalue weighted by molar-refractivity contribution is 0.623. The fourth-order valence-corrected chi connectivity index (χ4v) is 2.37. The Morgan fingerprint density at radius 3 is 2.55 bits per heavy atom. The fourth-order valence-electron chi connectivity index (χ4n) is 2.37. The van der Waals surface area contributed by atoms with E-state index in [1.807, 2.05) is 6.07 Å². The molecule has 0 heterocycles. The van der Waals surface area contributed by atoms with Crippen LogP contribution in [0.2, 0.25) is 0 Å². The summed E-state index contributed by atoms with van der Waals surface area (Å²) < 4.78 is 27.2. The Morgan fingerprint density at radius 2 is 1.85 bits per heavy atom. The van der Waals surface area contributed by atoms with Crippen molar-refractivity contribution in [3.63, 3.8) is 0 Å². The fraction of sp³-hybridized carbons (Fsp3) is 0.294. The molecular weight excluding hydrogens is 256 g/mol. The highest BCUT2D eigenvalue weighted by molar-refractivity contribution is 5.68. The predicted octanol–water partition coefficient (Wildman–Crippen LogP) is 4.19. The van der Waals surface area contributed by atoms with E-state index in [-0.39, 0.29) is 11.6 Å². The first-order valence-electron chi connectivity index (χ1n) is 6.92. The molecule has 0 aliphatic heterocycles. The Balaban J connectivity index is 1.92. The summed E-state index contributed by atoms with van der Waals surface area (Å²) in [5.41, 5.74) is 3.09. The van der Waals surface area contributed by atoms with Gasteiger partial charge < -0.3 is 5.32 Å². The van der Waals surface area contributed by atoms with Gasteiger partial charge in [-0.2, -0.15) is 0 Å². The van der Waals surface area contributed by atoms with E-state index in [1.54, 1.807) is 19.1 Å². The van der Waals surface area contributed by atoms with Crippen LogP contribution in [0.1, 0.15) is 24.0 Å². The molecule has 3 heteroatoms. The Hall–Kier alpha value is -1.74. The summed E-state index contributed by atoms with van der Waals surface area (Å²) in [4.78, 5) is 0. The maximum absolute atomic E-state index is 14.0. The van der Waals surface area contributed by atoms with Crippen molar-refractivity contribution in [2.75, 3.05) is 0 Å². The average Bonchev–Trinajstić information content (AvgIpc) is 3.22. The van der Waals surface area contributed by atoms with Crippen molar-refractivity contribution < 1.29 is 8.78 Å². The van der Waals surface area contributed by atoms with Gasteiger partial charge in [-0.1, -0.05) is 12.1 Å². The minimum Gasteiger partial charge on any atom is -0.310 e. The molecule has 0 amide bonds. The van der Waals surface area contributed by atoms with Crippen molar-refractivity contribution >= 4 is 0 Å². The van der Waals surface area contributed by atoms with E-state index in [2.05, 4.69) is 5.32 Å². The molecule has 0 atom stereocenters. The van der Waals surface area contributed by atoms with Crippen molar-refractivity contribution in [1.29, 1.82) is 0 Å². The highest BCUT2D eigenvalue weighted by Gasteiger charge is 2.20. The summed E-state index contributed by atoms with van der Waals surface area (Å²) in [5.74, 6) is -0.562. The van der Waals surface area contributed by atoms with Crippen LogP contribution >= 0.6 is 0 Å². The molecule has 0 unspecified atom stereocenters. The molecule has 1 saturated carbocycles. The molecule has 1 aliphatic rings. The van der Waals surface area contributed by atoms with Gasteiger partial charge in [0.2, 0.25) is 0 Å². The van der Waals surface area contributed by atoms with Gasteiger partial charge in [-0.3, -0.25) is 0 Å². The summed E-state index contributed by atoms with van der Waals surface area (Å²) in [5, 5.41) is 3.41. The van der Waals surface area contributed by atoms with Gasteiger partial charge in [0.15, 0.2) is 0 Å². The van der Waals surface area contributed by atoms with Crippen LogP contribution in [0.4, 0.5) is 8.78 Å². The first-order valence-corrected chi connectivity index (χ1v) is 6.92. The van der Waals surface area contributed by atoms with Crippen LogP contribution in [-0.4, -0.2) is 6.04 Å². The van der Waals surface area contributed by atoms with Gasteiger partial charge >= 0.3 is 0 Å². The second kappa shape index (κ2) is 5.33. The van der Waals surface area contributed by atoms with E-state index in [0.29, 0.717) is 11.6 Å². The maximum Gasteiger partial charge on any atom is 0.131 e. The van der Waals surface area contributed by atoms with Crippen LogP contribution in [-0.2, 0) is 6.54 Å². The topological polar surface area (TPSA) is 12.0 Å². The molecule has 20 heavy (non-hydrogen) atoms. The van der Waals surface area contributed by atoms with Crippen molar-refractivity contribution in [3.05, 3.63) is 59.2 Å². The molecule has 0 radical (unpaired) electrons. The number of rotatable bonds is 4. The minimum atomic E-state index is -0.293. The normalized spacial score (nSPS) is 14.6. The Kier molecular flexibility index (Phi) is 3.53. The number of benzene rings is 2. The van der Waals surface area contributed by atoms with Crippen LogP contribution in [0.25, 0.3) is 11.1 Å². The molecule has 0 aromatic heterocycles. The lowest BCUT2D eigenvalue weighted by atomic mass is 9.98. The van der Waals surface area contributed by atoms with Gasteiger partial charge in [0.05, 0.1) is 0 Å². The molecule has 1 fully saturated rings. The smallest absolute Gasteiger partial charge is 0.131 e. The lowest BCUT2D eigenvalue weighted by Crippen LogP contribution is -2.15. The van der Waals surface area contributed by atoms with E-state index in [4.69, 9.17) is 0 Å². The van der Waals surface area contributed by atoms with E-state index >= 15 is 0 Å². The molecule has 3 rings (SSSR count). The third-order valence-electron chi connectivity index (χ3n) is 3.68. The maximum atomic E-state index is 14.0. The van der Waals surface area contributed by atoms with Gasteiger partial charge in [-0.15, -0.1) is 0 Å². The van der Waals surface area contributed by atoms with Gasteiger partial charge in [0, 0.05) is 18.2 Å². The summed E-state index contributed by atoms with van der Waals surface area (Å²) in [7, 11) is 0. The van der Waals surface area contributed by atoms with Gasteiger partial charge in [-0.25, -0.2) is 8.78 Å². The lowest BCUT2D eigenvalue weighted by Gasteiger charge is -2.10. The summed E-state index contributed by atoms with van der Waals surface area (Å²) in [6.45, 7) is 2.55. The summed E-state index contributed by atoms with van der Waals surface area (Å²) in [6.07, 6.45) is 2.45. The van der Waals surface area contributed by atoms with E-state index in [1.165, 1.54) is 31.0 Å². The zero-order valence-corrected chi connectivity index (χ0v) is 11.4. The van der Waals surface area contributed by atoms with E-state index in [9.17, 15) is 8.78 Å². The van der Waals surface area contributed by atoms with Crippen LogP contribution in [0.3, 0.4) is 0 Å². The average molecular weight is 273 g/mol. The van der Waals surface area contributed by atoms with Crippen LogP contribution in [0, 0.1) is 18.6 Å². The molecule has 0 bridgehead atoms. The zero-order valence-electron chi connectivity index (χ0n) is 11.4. The predicted molar refractivity (Wildman–Crippen MR) is 76.4 cm³/mol. The second-order valence-corrected chi connectivity index (χ2v) is 5.43. The Bertz CT molecular complexity index is 633. The van der Waals surface area contributed by atoms with Crippen LogP contribution in [0.15, 0.2) is 36.4 Å². The monoisotopic (exact) mass is 273 g/mol. The van der Waals surface area contributed by atoms with E-state index < -0.39 is 0 Å². The van der Waals surface area contributed by atoms with Crippen LogP contribution < -0.4 is 5.32 Å². The molecular formula is C17H17F2N. The van der Waals surface area contributed by atoms with Gasteiger partial charge in [0.1, 0.15) is 11.6 Å². The highest BCUT2D eigenvalue weighted by Crippen LogP contribution is 2.28. The summed E-state index contributed by atoms with van der Waals surface area (Å²) >= 11 is 0. The van der Waals surface area contributed by atoms with Gasteiger partial charge in [-0.05, 0) is 60.7 Å². The quantitative estimate of drug-likeness (QED) is 0.880. The standard InChI is InChI=1S/C17H17F2N/c1-11-8-13(18)3-6-15(11)16-9-12(2-7-17(16)19)10-20-14-4-5-14/h2-3,6-9,14,20H,4-5,10H2,1H3. The van der Waals surface area contributed by atoms with Crippen molar-refractivity contribution in [1.82, 2.24) is 5.32 Å². The largest absolute Gasteiger partial charge is 0.310 e. The number of hydrogen-bond acceptors (Lipinski definition) is 1. The highest BCUT2D eigenvalue weighted by atomic mass is 19.1. The second-order valence-electron chi connectivity index (χ2n) is 5.43. The zero-order chi connectivity index (χ0) is 14.1. The summed E-state index contributed by atoms with van der Waals surface area (Å²) in [6, 6.07) is 10.2. The van der Waals surface area contributed by atoms with Crippen molar-refractivity contribution in [3.8, 4) is 11.1 Å². The first-order chi connectivity index (χ1) is 9.63. The van der Waals surface area contributed by atoms with Crippen molar-refractivity contribution in [2.45, 2.75) is 32.4 Å². The molecule has 2 aromatic rings. The third-order valence-corrected chi connectivity index (χ3v) is 3.68. The number of aryl methyl sites for hydroxylation is 1.